The molecule has 0 saturated carbocycles. The molecular formula is C10H11ClN4S2. The van der Waals surface area contributed by atoms with E-state index < -0.39 is 0 Å². The van der Waals surface area contributed by atoms with Crippen molar-refractivity contribution in [3.63, 3.8) is 0 Å². The maximum absolute atomic E-state index is 6.13. The molecule has 4 nitrogen and oxygen atoms in total. The van der Waals surface area contributed by atoms with Gasteiger partial charge < -0.3 is 10.6 Å². The molecule has 0 aliphatic heterocycles. The number of benzene rings is 1. The highest BCUT2D eigenvalue weighted by Crippen LogP contribution is 2.29. The van der Waals surface area contributed by atoms with Crippen molar-refractivity contribution in [3.8, 4) is 0 Å². The van der Waals surface area contributed by atoms with E-state index in [1.807, 2.05) is 19.9 Å². The van der Waals surface area contributed by atoms with Crippen molar-refractivity contribution in [2.75, 3.05) is 5.32 Å². The second-order valence-electron chi connectivity index (χ2n) is 3.81. The summed E-state index contributed by atoms with van der Waals surface area (Å²) in [5.41, 5.74) is 2.26. The number of hydrogen-bond donors (Lipinski definition) is 2. The molecule has 0 unspecified atom stereocenters. The Hall–Kier alpha value is -0.980. The molecule has 2 rings (SSSR count). The average molecular weight is 287 g/mol. The highest BCUT2D eigenvalue weighted by Gasteiger charge is 2.11. The highest BCUT2D eigenvalue weighted by atomic mass is 35.5. The lowest BCUT2D eigenvalue weighted by molar-refractivity contribution is 0.739. The first-order valence-electron chi connectivity index (χ1n) is 5.06. The zero-order chi connectivity index (χ0) is 12.4. The molecular weight excluding hydrogens is 276 g/mol. The predicted molar refractivity (Wildman–Crippen MR) is 76.9 cm³/mol. The molecule has 90 valence electrons. The van der Waals surface area contributed by atoms with Gasteiger partial charge in [0.2, 0.25) is 0 Å². The van der Waals surface area contributed by atoms with Crippen molar-refractivity contribution in [2.45, 2.75) is 19.9 Å². The molecule has 0 saturated heterocycles. The standard InChI is InChI=1S/C10H11ClN4S2/c1-5(2)12-10(16)13-8-6(11)3-4-7-9(8)15-17-14-7/h3-5H,1-2H3,(H2,12,13,16). The fourth-order valence-corrected chi connectivity index (χ4v) is 2.44. The van der Waals surface area contributed by atoms with Crippen molar-refractivity contribution in [1.82, 2.24) is 14.1 Å². The van der Waals surface area contributed by atoms with Gasteiger partial charge in [0.25, 0.3) is 0 Å². The number of rotatable bonds is 2. The van der Waals surface area contributed by atoms with Gasteiger partial charge in [-0.25, -0.2) is 0 Å². The number of nitrogens with zero attached hydrogens (tertiary/aromatic N) is 2. The molecule has 0 aliphatic carbocycles. The van der Waals surface area contributed by atoms with Gasteiger partial charge >= 0.3 is 0 Å². The van der Waals surface area contributed by atoms with E-state index in [4.69, 9.17) is 23.8 Å². The number of thiocarbonyl (C=S) groups is 1. The van der Waals surface area contributed by atoms with Gasteiger partial charge in [0.15, 0.2) is 5.11 Å². The van der Waals surface area contributed by atoms with Crippen LogP contribution in [0, 0.1) is 0 Å². The molecule has 0 atom stereocenters. The Morgan fingerprint density at radius 1 is 1.41 bits per heavy atom. The Kier molecular flexibility index (Phi) is 3.76. The molecule has 0 aliphatic rings. The maximum Gasteiger partial charge on any atom is 0.171 e. The van der Waals surface area contributed by atoms with Gasteiger partial charge in [0.1, 0.15) is 11.0 Å². The largest absolute Gasteiger partial charge is 0.360 e. The van der Waals surface area contributed by atoms with Crippen LogP contribution in [0.2, 0.25) is 5.02 Å². The number of fused-ring (bicyclic) bond motifs is 1. The average Bonchev–Trinajstić information content (AvgIpc) is 2.69. The second kappa shape index (κ2) is 5.12. The number of nitrogens with one attached hydrogen (secondary N) is 2. The van der Waals surface area contributed by atoms with Gasteiger partial charge in [-0.05, 0) is 38.2 Å². The highest BCUT2D eigenvalue weighted by molar-refractivity contribution is 7.80. The zero-order valence-electron chi connectivity index (χ0n) is 9.32. The van der Waals surface area contributed by atoms with Crippen molar-refractivity contribution >= 4 is 57.4 Å². The van der Waals surface area contributed by atoms with Crippen molar-refractivity contribution < 1.29 is 0 Å². The van der Waals surface area contributed by atoms with Crippen LogP contribution >= 0.6 is 35.5 Å². The Balaban J connectivity index is 2.31. The van der Waals surface area contributed by atoms with Gasteiger partial charge in [0.05, 0.1) is 22.4 Å². The van der Waals surface area contributed by atoms with Crippen LogP contribution < -0.4 is 10.6 Å². The third-order valence-electron chi connectivity index (χ3n) is 2.04. The van der Waals surface area contributed by atoms with Gasteiger partial charge in [-0.3, -0.25) is 0 Å². The van der Waals surface area contributed by atoms with Crippen molar-refractivity contribution in [2.24, 2.45) is 0 Å². The van der Waals surface area contributed by atoms with Crippen LogP contribution in [-0.4, -0.2) is 19.9 Å². The molecule has 7 heteroatoms. The number of hydrogen-bond acceptors (Lipinski definition) is 4. The fourth-order valence-electron chi connectivity index (χ4n) is 1.36. The summed E-state index contributed by atoms with van der Waals surface area (Å²) < 4.78 is 8.36. The summed E-state index contributed by atoms with van der Waals surface area (Å²) in [4.78, 5) is 0. The normalized spacial score (nSPS) is 10.8. The second-order valence-corrected chi connectivity index (χ2v) is 5.15. The van der Waals surface area contributed by atoms with E-state index in [1.54, 1.807) is 6.07 Å². The van der Waals surface area contributed by atoms with Crippen LogP contribution in [0.25, 0.3) is 11.0 Å². The Labute approximate surface area is 114 Å². The van der Waals surface area contributed by atoms with Gasteiger partial charge in [0, 0.05) is 6.04 Å². The van der Waals surface area contributed by atoms with Gasteiger partial charge in [-0.1, -0.05) is 11.6 Å². The van der Waals surface area contributed by atoms with Crippen molar-refractivity contribution in [1.29, 1.82) is 0 Å². The Morgan fingerprint density at radius 2 is 2.18 bits per heavy atom. The van der Waals surface area contributed by atoms with E-state index >= 15 is 0 Å². The van der Waals surface area contributed by atoms with E-state index in [-0.39, 0.29) is 6.04 Å². The minimum Gasteiger partial charge on any atom is -0.360 e. The lowest BCUT2D eigenvalue weighted by Gasteiger charge is -2.14. The summed E-state index contributed by atoms with van der Waals surface area (Å²) in [5, 5.41) is 7.27. The lowest BCUT2D eigenvalue weighted by atomic mass is 10.2. The number of aromatic nitrogens is 2. The maximum atomic E-state index is 6.13. The van der Waals surface area contributed by atoms with Crippen LogP contribution in [0.1, 0.15) is 13.8 Å². The Morgan fingerprint density at radius 3 is 2.88 bits per heavy atom. The summed E-state index contributed by atoms with van der Waals surface area (Å²) in [5.74, 6) is 0. The first-order valence-corrected chi connectivity index (χ1v) is 6.58. The van der Waals surface area contributed by atoms with E-state index in [0.29, 0.717) is 15.8 Å². The third-order valence-corrected chi connectivity index (χ3v) is 3.11. The molecule has 2 N–H and O–H groups in total. The summed E-state index contributed by atoms with van der Waals surface area (Å²) in [6.07, 6.45) is 0. The molecule has 2 aromatic rings. The molecule has 0 amide bonds. The summed E-state index contributed by atoms with van der Waals surface area (Å²) in [6.45, 7) is 4.03. The number of anilines is 1. The van der Waals surface area contributed by atoms with Crippen LogP contribution in [0.5, 0.6) is 0 Å². The first-order chi connectivity index (χ1) is 8.08. The fraction of sp³-hybridized carbons (Fsp3) is 0.300. The topological polar surface area (TPSA) is 49.8 Å². The van der Waals surface area contributed by atoms with E-state index in [0.717, 1.165) is 22.8 Å². The quantitative estimate of drug-likeness (QED) is 0.831. The summed E-state index contributed by atoms with van der Waals surface area (Å²) >= 11 is 12.5. The lowest BCUT2D eigenvalue weighted by Crippen LogP contribution is -2.34. The SMILES string of the molecule is CC(C)NC(=S)Nc1c(Cl)ccc2nsnc12. The molecule has 0 bridgehead atoms. The predicted octanol–water partition coefficient (Wildman–Crippen LogP) is 3.04. The number of halogens is 1. The van der Waals surface area contributed by atoms with Crippen LogP contribution in [0.15, 0.2) is 12.1 Å². The van der Waals surface area contributed by atoms with E-state index in [2.05, 4.69) is 19.4 Å². The first kappa shape index (κ1) is 12.5. The summed E-state index contributed by atoms with van der Waals surface area (Å²) in [7, 11) is 0. The van der Waals surface area contributed by atoms with Gasteiger partial charge in [-0.2, -0.15) is 8.75 Å². The molecule has 1 heterocycles. The van der Waals surface area contributed by atoms with Crippen molar-refractivity contribution in [3.05, 3.63) is 17.2 Å². The van der Waals surface area contributed by atoms with Crippen LogP contribution in [-0.2, 0) is 0 Å². The Bertz CT molecular complexity index is 552. The zero-order valence-corrected chi connectivity index (χ0v) is 11.7. The minimum absolute atomic E-state index is 0.265. The minimum atomic E-state index is 0.265. The molecule has 0 fully saturated rings. The smallest absolute Gasteiger partial charge is 0.171 e. The van der Waals surface area contributed by atoms with E-state index in [1.165, 1.54) is 0 Å². The molecule has 17 heavy (non-hydrogen) atoms. The van der Waals surface area contributed by atoms with Crippen LogP contribution in [0.4, 0.5) is 5.69 Å². The summed E-state index contributed by atoms with van der Waals surface area (Å²) in [6, 6.07) is 3.89. The molecule has 1 aromatic heterocycles. The van der Waals surface area contributed by atoms with Crippen LogP contribution in [0.3, 0.4) is 0 Å². The third kappa shape index (κ3) is 2.83. The van der Waals surface area contributed by atoms with E-state index in [9.17, 15) is 0 Å². The monoisotopic (exact) mass is 286 g/mol. The molecule has 1 aromatic carbocycles. The molecule has 0 radical (unpaired) electrons. The van der Waals surface area contributed by atoms with Gasteiger partial charge in [-0.15, -0.1) is 0 Å². The molecule has 0 spiro atoms.